The first-order chi connectivity index (χ1) is 27.3. The standard InChI is InChI=1S/C24H25NO4.C22H21NO4/c1-2-28-23(26)15-25-21-11-7-6-10-19(21)20-14-18(12-13-22(20)25)24(27)29-16-17-8-4-3-5-9-17;24-21(25)13-23-19-9-5-4-8-17(19)18-12-16(10-11-20(18)23)22(26)27-14-15-6-2-1-3-7-15/h3-11,18H,2,12-16H2,1H3;1-9,16H,10-14H2,(H,24,25). The van der Waals surface area contributed by atoms with E-state index in [9.17, 15) is 24.3 Å². The van der Waals surface area contributed by atoms with Crippen molar-refractivity contribution in [3.8, 4) is 0 Å². The zero-order valence-corrected chi connectivity index (χ0v) is 31.5. The highest BCUT2D eigenvalue weighted by atomic mass is 16.5. The molecule has 1 N–H and O–H groups in total. The molecular weight excluding hydrogens is 709 g/mol. The second-order valence-corrected chi connectivity index (χ2v) is 14.3. The van der Waals surface area contributed by atoms with E-state index in [0.717, 1.165) is 68.3 Å². The van der Waals surface area contributed by atoms with Crippen LogP contribution < -0.4 is 0 Å². The summed E-state index contributed by atoms with van der Waals surface area (Å²) in [6.07, 6.45) is 4.06. The summed E-state index contributed by atoms with van der Waals surface area (Å²) >= 11 is 0. The summed E-state index contributed by atoms with van der Waals surface area (Å²) in [5.41, 5.74) is 8.30. The molecule has 0 amide bonds. The number of ether oxygens (including phenoxy) is 3. The topological polar surface area (TPSA) is 126 Å². The Morgan fingerprint density at radius 3 is 1.46 bits per heavy atom. The van der Waals surface area contributed by atoms with Crippen LogP contribution in [0.4, 0.5) is 0 Å². The Balaban J connectivity index is 0.000000172. The molecule has 2 heterocycles. The summed E-state index contributed by atoms with van der Waals surface area (Å²) in [6, 6.07) is 35.2. The lowest BCUT2D eigenvalue weighted by atomic mass is 9.86. The molecule has 0 aliphatic heterocycles. The van der Waals surface area contributed by atoms with Crippen molar-refractivity contribution in [3.05, 3.63) is 143 Å². The Labute approximate surface area is 325 Å². The number of carbonyl (C=O) groups is 4. The first-order valence-electron chi connectivity index (χ1n) is 19.3. The lowest BCUT2D eigenvalue weighted by molar-refractivity contribution is -0.151. The third-order valence-corrected chi connectivity index (χ3v) is 10.7. The number of carboxylic acid groups (broad SMARTS) is 1. The van der Waals surface area contributed by atoms with Gasteiger partial charge in [-0.15, -0.1) is 0 Å². The maximum absolute atomic E-state index is 12.7. The van der Waals surface area contributed by atoms with E-state index in [2.05, 4.69) is 6.07 Å². The van der Waals surface area contributed by atoms with Gasteiger partial charge >= 0.3 is 23.9 Å². The van der Waals surface area contributed by atoms with E-state index >= 15 is 0 Å². The molecule has 56 heavy (non-hydrogen) atoms. The number of carboxylic acids is 1. The molecule has 2 aliphatic rings. The normalized spacial score (nSPS) is 15.9. The average molecular weight is 755 g/mol. The molecule has 2 unspecified atom stereocenters. The highest BCUT2D eigenvalue weighted by molar-refractivity contribution is 5.89. The largest absolute Gasteiger partial charge is 0.480 e. The predicted octanol–water partition coefficient (Wildman–Crippen LogP) is 7.63. The van der Waals surface area contributed by atoms with Gasteiger partial charge in [0.25, 0.3) is 0 Å². The van der Waals surface area contributed by atoms with E-state index in [0.29, 0.717) is 38.9 Å². The molecule has 0 fully saturated rings. The van der Waals surface area contributed by atoms with E-state index in [1.54, 1.807) is 0 Å². The zero-order chi connectivity index (χ0) is 39.0. The van der Waals surface area contributed by atoms with Gasteiger partial charge in [-0.25, -0.2) is 0 Å². The fourth-order valence-electron chi connectivity index (χ4n) is 8.13. The van der Waals surface area contributed by atoms with Crippen molar-refractivity contribution in [1.29, 1.82) is 0 Å². The van der Waals surface area contributed by atoms with Gasteiger partial charge in [-0.3, -0.25) is 19.2 Å². The fourth-order valence-corrected chi connectivity index (χ4v) is 8.13. The minimum absolute atomic E-state index is 0.0566. The van der Waals surface area contributed by atoms with Crippen LogP contribution in [0.3, 0.4) is 0 Å². The second kappa shape index (κ2) is 17.5. The molecule has 0 saturated heterocycles. The molecular formula is C46H46N2O8. The van der Waals surface area contributed by atoms with Crippen LogP contribution in [0.2, 0.25) is 0 Å². The first kappa shape index (κ1) is 38.1. The van der Waals surface area contributed by atoms with Crippen LogP contribution in [-0.2, 0) is 85.4 Å². The average Bonchev–Trinajstić information content (AvgIpc) is 3.71. The first-order valence-corrected chi connectivity index (χ1v) is 19.3. The summed E-state index contributed by atoms with van der Waals surface area (Å²) < 4.78 is 20.2. The number of carbonyl (C=O) groups excluding carboxylic acids is 3. The summed E-state index contributed by atoms with van der Waals surface area (Å²) in [7, 11) is 0. The Morgan fingerprint density at radius 1 is 0.589 bits per heavy atom. The van der Waals surface area contributed by atoms with Gasteiger partial charge in [0, 0.05) is 33.2 Å². The Bertz CT molecular complexity index is 2340. The highest BCUT2D eigenvalue weighted by Crippen LogP contribution is 2.36. The van der Waals surface area contributed by atoms with Crippen LogP contribution in [0.25, 0.3) is 21.8 Å². The number of aliphatic carboxylic acids is 1. The van der Waals surface area contributed by atoms with E-state index in [4.69, 9.17) is 14.2 Å². The molecule has 288 valence electrons. The van der Waals surface area contributed by atoms with Gasteiger partial charge in [-0.2, -0.15) is 0 Å². The molecule has 10 heteroatoms. The molecule has 4 aromatic carbocycles. The maximum Gasteiger partial charge on any atom is 0.325 e. The van der Waals surface area contributed by atoms with Gasteiger partial charge in [0.2, 0.25) is 0 Å². The predicted molar refractivity (Wildman–Crippen MR) is 212 cm³/mol. The van der Waals surface area contributed by atoms with Crippen molar-refractivity contribution >= 4 is 45.7 Å². The molecule has 0 saturated carbocycles. The van der Waals surface area contributed by atoms with Crippen LogP contribution in [0, 0.1) is 11.8 Å². The fraction of sp³-hybridized carbons (Fsp3) is 0.304. The molecule has 2 atom stereocenters. The molecule has 6 aromatic rings. The third-order valence-electron chi connectivity index (χ3n) is 10.7. The summed E-state index contributed by atoms with van der Waals surface area (Å²) in [4.78, 5) is 48.7. The molecule has 2 aliphatic carbocycles. The number of benzene rings is 4. The third kappa shape index (κ3) is 8.54. The summed E-state index contributed by atoms with van der Waals surface area (Å²) in [5, 5.41) is 11.4. The molecule has 0 bridgehead atoms. The quantitative estimate of drug-likeness (QED) is 0.106. The van der Waals surface area contributed by atoms with Gasteiger partial charge in [0.1, 0.15) is 26.3 Å². The van der Waals surface area contributed by atoms with Gasteiger partial charge in [0.15, 0.2) is 0 Å². The molecule has 8 rings (SSSR count). The van der Waals surface area contributed by atoms with Crippen molar-refractivity contribution < 1.29 is 38.5 Å². The number of fused-ring (bicyclic) bond motifs is 6. The molecule has 0 radical (unpaired) electrons. The smallest absolute Gasteiger partial charge is 0.325 e. The number of aromatic nitrogens is 2. The van der Waals surface area contributed by atoms with Crippen molar-refractivity contribution in [2.75, 3.05) is 6.61 Å². The second-order valence-electron chi connectivity index (χ2n) is 14.3. The molecule has 2 aromatic heterocycles. The monoisotopic (exact) mass is 754 g/mol. The van der Waals surface area contributed by atoms with Crippen LogP contribution in [0.15, 0.2) is 109 Å². The number of rotatable bonds is 11. The lowest BCUT2D eigenvalue weighted by Gasteiger charge is -2.23. The number of esters is 3. The highest BCUT2D eigenvalue weighted by Gasteiger charge is 2.32. The van der Waals surface area contributed by atoms with Crippen molar-refractivity contribution in [1.82, 2.24) is 9.13 Å². The number of hydrogen-bond donors (Lipinski definition) is 1. The lowest BCUT2D eigenvalue weighted by Crippen LogP contribution is -2.26. The van der Waals surface area contributed by atoms with Gasteiger partial charge in [-0.05, 0) is 79.8 Å². The zero-order valence-electron chi connectivity index (χ0n) is 31.5. The van der Waals surface area contributed by atoms with Crippen molar-refractivity contribution in [2.45, 2.75) is 71.8 Å². The van der Waals surface area contributed by atoms with Gasteiger partial charge in [0.05, 0.1) is 18.4 Å². The van der Waals surface area contributed by atoms with Crippen LogP contribution in [0.1, 0.15) is 53.4 Å². The number of para-hydroxylation sites is 2. The van der Waals surface area contributed by atoms with Crippen LogP contribution in [0.5, 0.6) is 0 Å². The number of hydrogen-bond acceptors (Lipinski definition) is 7. The Hall–Kier alpha value is -6.16. The SMILES string of the molecule is CCOC(=O)Cn1c2c(c3ccccc31)CC(C(=O)OCc1ccccc1)CC2.O=C(O)Cn1c2c(c3ccccc31)CC(C(=O)OCc1ccccc1)CC2. The summed E-state index contributed by atoms with van der Waals surface area (Å²) in [6.45, 7) is 2.91. The van der Waals surface area contributed by atoms with E-state index in [-0.39, 0.29) is 49.4 Å². The van der Waals surface area contributed by atoms with Gasteiger partial charge < -0.3 is 28.5 Å². The van der Waals surface area contributed by atoms with E-state index in [1.165, 1.54) is 0 Å². The Kier molecular flexibility index (Phi) is 11.9. The van der Waals surface area contributed by atoms with Crippen LogP contribution in [-0.4, -0.2) is 44.7 Å². The number of nitrogens with zero attached hydrogens (tertiary/aromatic N) is 2. The maximum atomic E-state index is 12.7. The minimum atomic E-state index is -0.858. The van der Waals surface area contributed by atoms with Crippen molar-refractivity contribution in [2.24, 2.45) is 11.8 Å². The Morgan fingerprint density at radius 2 is 1.02 bits per heavy atom. The van der Waals surface area contributed by atoms with E-state index in [1.807, 2.05) is 119 Å². The molecule has 10 nitrogen and oxygen atoms in total. The van der Waals surface area contributed by atoms with Gasteiger partial charge in [-0.1, -0.05) is 97.1 Å². The van der Waals surface area contributed by atoms with Crippen molar-refractivity contribution in [3.63, 3.8) is 0 Å². The summed E-state index contributed by atoms with van der Waals surface area (Å²) in [5.74, 6) is -1.77. The van der Waals surface area contributed by atoms with Crippen LogP contribution >= 0.6 is 0 Å². The van der Waals surface area contributed by atoms with E-state index < -0.39 is 5.97 Å². The molecule has 0 spiro atoms. The minimum Gasteiger partial charge on any atom is -0.480 e.